The van der Waals surface area contributed by atoms with Gasteiger partial charge in [-0.15, -0.1) is 11.6 Å². The number of benzene rings is 1. The third-order valence-corrected chi connectivity index (χ3v) is 4.62. The lowest BCUT2D eigenvalue weighted by atomic mass is 9.97. The number of piperidine rings is 1. The Morgan fingerprint density at radius 1 is 1.38 bits per heavy atom. The summed E-state index contributed by atoms with van der Waals surface area (Å²) in [5.74, 6) is 1.91. The fourth-order valence-electron chi connectivity index (χ4n) is 3.09. The van der Waals surface area contributed by atoms with E-state index < -0.39 is 0 Å². The maximum absolute atomic E-state index is 9.22. The number of halogens is 1. The van der Waals surface area contributed by atoms with E-state index >= 15 is 0 Å². The first-order chi connectivity index (χ1) is 10.2. The summed E-state index contributed by atoms with van der Waals surface area (Å²) in [6.07, 6.45) is 2.41. The van der Waals surface area contributed by atoms with E-state index in [1.54, 1.807) is 0 Å². The van der Waals surface area contributed by atoms with Gasteiger partial charge in [0.2, 0.25) is 0 Å². The number of likely N-dealkylation sites (tertiary alicyclic amines) is 1. The first-order valence-corrected chi connectivity index (χ1v) is 7.89. The van der Waals surface area contributed by atoms with Crippen LogP contribution in [0.15, 0.2) is 18.2 Å². The summed E-state index contributed by atoms with van der Waals surface area (Å²) >= 11 is 6.07. The van der Waals surface area contributed by atoms with E-state index in [0.717, 1.165) is 36.5 Å². The molecule has 4 nitrogen and oxygen atoms in total. The molecule has 0 bridgehead atoms. The summed E-state index contributed by atoms with van der Waals surface area (Å²) in [6.45, 7) is 3.25. The van der Waals surface area contributed by atoms with Crippen molar-refractivity contribution in [3.05, 3.63) is 29.6 Å². The van der Waals surface area contributed by atoms with Gasteiger partial charge in [-0.05, 0) is 51.0 Å². The molecule has 1 fully saturated rings. The molecule has 0 radical (unpaired) electrons. The van der Waals surface area contributed by atoms with Crippen molar-refractivity contribution in [2.24, 2.45) is 5.92 Å². The summed E-state index contributed by atoms with van der Waals surface area (Å²) in [7, 11) is 2.17. The van der Waals surface area contributed by atoms with Gasteiger partial charge in [-0.3, -0.25) is 0 Å². The van der Waals surface area contributed by atoms with E-state index in [2.05, 4.69) is 27.6 Å². The lowest BCUT2D eigenvalue weighted by Crippen LogP contribution is -2.32. The molecule has 0 unspecified atom stereocenters. The Morgan fingerprint density at radius 2 is 2.14 bits per heavy atom. The van der Waals surface area contributed by atoms with E-state index in [4.69, 9.17) is 11.6 Å². The quantitative estimate of drug-likeness (QED) is 0.819. The van der Waals surface area contributed by atoms with E-state index in [1.165, 1.54) is 12.8 Å². The Kier molecular flexibility index (Phi) is 4.14. The Balaban J connectivity index is 1.95. The predicted molar refractivity (Wildman–Crippen MR) is 84.2 cm³/mol. The van der Waals surface area contributed by atoms with Gasteiger partial charge in [-0.1, -0.05) is 6.07 Å². The third kappa shape index (κ3) is 2.76. The smallest absolute Gasteiger partial charge is 0.124 e. The fourth-order valence-corrected chi connectivity index (χ4v) is 3.30. The van der Waals surface area contributed by atoms with E-state index in [-0.39, 0.29) is 0 Å². The second-order valence-electron chi connectivity index (χ2n) is 5.80. The van der Waals surface area contributed by atoms with Gasteiger partial charge in [0.05, 0.1) is 17.0 Å². The molecule has 1 aromatic carbocycles. The zero-order valence-corrected chi connectivity index (χ0v) is 13.0. The Bertz CT molecular complexity index is 677. The van der Waals surface area contributed by atoms with Crippen molar-refractivity contribution in [2.45, 2.75) is 25.3 Å². The molecule has 1 aliphatic heterocycles. The number of nitriles is 1. The van der Waals surface area contributed by atoms with E-state index in [0.29, 0.717) is 17.4 Å². The number of para-hydroxylation sites is 1. The van der Waals surface area contributed by atoms with Crippen molar-refractivity contribution in [3.8, 4) is 6.07 Å². The molecule has 0 aliphatic carbocycles. The molecule has 3 rings (SSSR count). The van der Waals surface area contributed by atoms with Gasteiger partial charge in [0, 0.05) is 6.54 Å². The molecule has 1 aliphatic rings. The molecule has 1 saturated heterocycles. The fraction of sp³-hybridized carbons (Fsp3) is 0.500. The molecule has 0 saturated carbocycles. The molecule has 110 valence electrons. The summed E-state index contributed by atoms with van der Waals surface area (Å²) < 4.78 is 2.21. The summed E-state index contributed by atoms with van der Waals surface area (Å²) in [6, 6.07) is 7.99. The molecular weight excluding hydrogens is 284 g/mol. The average molecular weight is 303 g/mol. The van der Waals surface area contributed by atoms with Gasteiger partial charge in [-0.25, -0.2) is 4.98 Å². The molecule has 0 atom stereocenters. The third-order valence-electron chi connectivity index (χ3n) is 4.38. The van der Waals surface area contributed by atoms with Crippen LogP contribution in [0, 0.1) is 17.2 Å². The van der Waals surface area contributed by atoms with Gasteiger partial charge in [0.15, 0.2) is 0 Å². The largest absolute Gasteiger partial charge is 0.327 e. The second-order valence-corrected chi connectivity index (χ2v) is 6.07. The van der Waals surface area contributed by atoms with Crippen LogP contribution in [0.3, 0.4) is 0 Å². The molecular formula is C16H19ClN4. The highest BCUT2D eigenvalue weighted by Crippen LogP contribution is 2.25. The van der Waals surface area contributed by atoms with Crippen molar-refractivity contribution < 1.29 is 0 Å². The number of fused-ring (bicyclic) bond motifs is 1. The number of alkyl halides is 1. The van der Waals surface area contributed by atoms with Gasteiger partial charge < -0.3 is 9.47 Å². The number of nitrogens with zero attached hydrogens (tertiary/aromatic N) is 4. The van der Waals surface area contributed by atoms with E-state index in [1.807, 2.05) is 18.2 Å². The summed E-state index contributed by atoms with van der Waals surface area (Å²) in [5.41, 5.74) is 2.44. The van der Waals surface area contributed by atoms with Crippen molar-refractivity contribution in [1.29, 1.82) is 5.26 Å². The molecule has 21 heavy (non-hydrogen) atoms. The van der Waals surface area contributed by atoms with Gasteiger partial charge >= 0.3 is 0 Å². The highest BCUT2D eigenvalue weighted by molar-refractivity contribution is 6.16. The molecule has 1 aromatic heterocycles. The first kappa shape index (κ1) is 14.4. The van der Waals surface area contributed by atoms with Gasteiger partial charge in [0.25, 0.3) is 0 Å². The van der Waals surface area contributed by atoms with Crippen LogP contribution in [0.4, 0.5) is 0 Å². The van der Waals surface area contributed by atoms with Crippen LogP contribution in [0.2, 0.25) is 0 Å². The molecule has 0 amide bonds. The Labute approximate surface area is 129 Å². The van der Waals surface area contributed by atoms with Crippen LogP contribution in [0.25, 0.3) is 11.0 Å². The number of imidazole rings is 1. The summed E-state index contributed by atoms with van der Waals surface area (Å²) in [5, 5.41) is 9.22. The van der Waals surface area contributed by atoms with Gasteiger partial charge in [0.1, 0.15) is 17.4 Å². The minimum Gasteiger partial charge on any atom is -0.327 e. The zero-order valence-electron chi connectivity index (χ0n) is 12.2. The van der Waals surface area contributed by atoms with Crippen molar-refractivity contribution in [1.82, 2.24) is 14.5 Å². The standard InChI is InChI=1S/C16H19ClN4/c1-20-7-5-12(6-8-20)11-21-14-4-2-3-13(10-18)16(14)19-15(21)9-17/h2-4,12H,5-9,11H2,1H3. The van der Waals surface area contributed by atoms with E-state index in [9.17, 15) is 5.26 Å². The number of hydrogen-bond acceptors (Lipinski definition) is 3. The highest BCUT2D eigenvalue weighted by atomic mass is 35.5. The Morgan fingerprint density at radius 3 is 2.81 bits per heavy atom. The molecule has 5 heteroatoms. The van der Waals surface area contributed by atoms with Crippen LogP contribution in [-0.2, 0) is 12.4 Å². The number of rotatable bonds is 3. The maximum Gasteiger partial charge on any atom is 0.124 e. The normalized spacial score (nSPS) is 17.2. The monoisotopic (exact) mass is 302 g/mol. The van der Waals surface area contributed by atoms with Crippen LogP contribution in [-0.4, -0.2) is 34.6 Å². The van der Waals surface area contributed by atoms with Crippen LogP contribution in [0.1, 0.15) is 24.2 Å². The minimum absolute atomic E-state index is 0.381. The summed E-state index contributed by atoms with van der Waals surface area (Å²) in [4.78, 5) is 6.95. The van der Waals surface area contributed by atoms with Crippen LogP contribution < -0.4 is 0 Å². The molecule has 2 aromatic rings. The number of hydrogen-bond donors (Lipinski definition) is 0. The average Bonchev–Trinajstić information content (AvgIpc) is 2.87. The molecule has 0 spiro atoms. The SMILES string of the molecule is CN1CCC(Cn2c(CCl)nc3c(C#N)cccc32)CC1. The van der Waals surface area contributed by atoms with Gasteiger partial charge in [-0.2, -0.15) is 5.26 Å². The lowest BCUT2D eigenvalue weighted by molar-refractivity contribution is 0.205. The van der Waals surface area contributed by atoms with Crippen molar-refractivity contribution >= 4 is 22.6 Å². The Hall–Kier alpha value is -1.57. The van der Waals surface area contributed by atoms with Crippen LogP contribution in [0.5, 0.6) is 0 Å². The molecule has 0 N–H and O–H groups in total. The van der Waals surface area contributed by atoms with Crippen molar-refractivity contribution in [2.75, 3.05) is 20.1 Å². The minimum atomic E-state index is 0.381. The topological polar surface area (TPSA) is 44.9 Å². The van der Waals surface area contributed by atoms with Crippen molar-refractivity contribution in [3.63, 3.8) is 0 Å². The zero-order chi connectivity index (χ0) is 14.8. The first-order valence-electron chi connectivity index (χ1n) is 7.35. The predicted octanol–water partition coefficient (Wildman–Crippen LogP) is 2.99. The second kappa shape index (κ2) is 6.05. The lowest BCUT2D eigenvalue weighted by Gasteiger charge is -2.29. The molecule has 2 heterocycles. The maximum atomic E-state index is 9.22. The highest BCUT2D eigenvalue weighted by Gasteiger charge is 2.20. The van der Waals surface area contributed by atoms with Crippen LogP contribution >= 0.6 is 11.6 Å². The number of aromatic nitrogens is 2.